The van der Waals surface area contributed by atoms with Gasteiger partial charge in [0.2, 0.25) is 5.91 Å². The fourth-order valence-corrected chi connectivity index (χ4v) is 2.74. The molecule has 112 valence electrons. The highest BCUT2D eigenvalue weighted by Crippen LogP contribution is 2.26. The Morgan fingerprint density at radius 2 is 2.30 bits per heavy atom. The summed E-state index contributed by atoms with van der Waals surface area (Å²) in [6.45, 7) is 4.20. The first-order chi connectivity index (χ1) is 9.39. The van der Waals surface area contributed by atoms with Gasteiger partial charge >= 0.3 is 0 Å². The zero-order chi connectivity index (χ0) is 14.8. The first-order valence-corrected chi connectivity index (χ1v) is 7.07. The molecule has 5 nitrogen and oxygen atoms in total. The molecule has 2 heterocycles. The molecule has 0 saturated carbocycles. The number of likely N-dealkylation sites (tertiary alicyclic amines) is 1. The average Bonchev–Trinajstić information content (AvgIpc) is 2.74. The third-order valence-corrected chi connectivity index (χ3v) is 3.97. The summed E-state index contributed by atoms with van der Waals surface area (Å²) in [5.74, 6) is 0.900. The number of rotatable bonds is 4. The fourth-order valence-electron chi connectivity index (χ4n) is 2.74. The standard InChI is InChI=1S/C15H24N2O3/c1-12-13(5-8-20-12)10-17-7-4-6-15(19,11-17)9-14(18)16(2)3/h5,8,19H,4,6-7,9-11H2,1-3H3. The number of carbonyl (C=O) groups excluding carboxylic acids is 1. The molecule has 0 aromatic carbocycles. The number of aliphatic hydroxyl groups is 1. The first kappa shape index (κ1) is 15.1. The average molecular weight is 280 g/mol. The third kappa shape index (κ3) is 3.61. The van der Waals surface area contributed by atoms with E-state index in [1.165, 1.54) is 4.90 Å². The number of β-amino-alcohol motifs (C(OH)–C–C–N with tert-alkyl or cyclic N) is 1. The lowest BCUT2D eigenvalue weighted by Gasteiger charge is -2.39. The van der Waals surface area contributed by atoms with E-state index in [-0.39, 0.29) is 12.3 Å². The molecule has 0 radical (unpaired) electrons. The van der Waals surface area contributed by atoms with Crippen LogP contribution in [0.4, 0.5) is 0 Å². The van der Waals surface area contributed by atoms with Gasteiger partial charge in [0.05, 0.1) is 18.3 Å². The summed E-state index contributed by atoms with van der Waals surface area (Å²) in [5, 5.41) is 10.6. The van der Waals surface area contributed by atoms with E-state index in [0.29, 0.717) is 13.0 Å². The minimum Gasteiger partial charge on any atom is -0.469 e. The Hall–Kier alpha value is -1.33. The molecule has 2 rings (SSSR count). The lowest BCUT2D eigenvalue weighted by molar-refractivity contribution is -0.136. The molecular weight excluding hydrogens is 256 g/mol. The number of hydrogen-bond acceptors (Lipinski definition) is 4. The maximum atomic E-state index is 11.8. The fraction of sp³-hybridized carbons (Fsp3) is 0.667. The molecule has 20 heavy (non-hydrogen) atoms. The predicted octanol–water partition coefficient (Wildman–Crippen LogP) is 1.39. The van der Waals surface area contributed by atoms with Crippen LogP contribution >= 0.6 is 0 Å². The zero-order valence-electron chi connectivity index (χ0n) is 12.6. The number of nitrogens with zero attached hydrogens (tertiary/aromatic N) is 2. The number of furan rings is 1. The van der Waals surface area contributed by atoms with Gasteiger partial charge in [0.25, 0.3) is 0 Å². The maximum Gasteiger partial charge on any atom is 0.224 e. The highest BCUT2D eigenvalue weighted by atomic mass is 16.3. The van der Waals surface area contributed by atoms with Crippen LogP contribution in [0, 0.1) is 6.92 Å². The van der Waals surface area contributed by atoms with Crippen molar-refractivity contribution >= 4 is 5.91 Å². The SMILES string of the molecule is Cc1occc1CN1CCCC(O)(CC(=O)N(C)C)C1. The summed E-state index contributed by atoms with van der Waals surface area (Å²) >= 11 is 0. The highest BCUT2D eigenvalue weighted by Gasteiger charge is 2.35. The molecule has 1 aromatic heterocycles. The van der Waals surface area contributed by atoms with Crippen molar-refractivity contribution in [3.63, 3.8) is 0 Å². The summed E-state index contributed by atoms with van der Waals surface area (Å²) in [4.78, 5) is 15.6. The van der Waals surface area contributed by atoms with Crippen LogP contribution in [0.2, 0.25) is 0 Å². The normalized spacial score (nSPS) is 23.8. The molecule has 1 saturated heterocycles. The Morgan fingerprint density at radius 1 is 1.55 bits per heavy atom. The Labute approximate surface area is 120 Å². The van der Waals surface area contributed by atoms with Gasteiger partial charge in [0.15, 0.2) is 0 Å². The van der Waals surface area contributed by atoms with Crippen LogP contribution in [-0.4, -0.2) is 53.6 Å². The van der Waals surface area contributed by atoms with Crippen molar-refractivity contribution in [1.29, 1.82) is 0 Å². The second-order valence-corrected chi connectivity index (χ2v) is 6.01. The largest absolute Gasteiger partial charge is 0.469 e. The maximum absolute atomic E-state index is 11.8. The van der Waals surface area contributed by atoms with Crippen molar-refractivity contribution in [2.45, 2.75) is 38.3 Å². The van der Waals surface area contributed by atoms with Crippen LogP contribution in [0.25, 0.3) is 0 Å². The lowest BCUT2D eigenvalue weighted by Crippen LogP contribution is -2.50. The van der Waals surface area contributed by atoms with Crippen LogP contribution < -0.4 is 0 Å². The van der Waals surface area contributed by atoms with E-state index in [1.54, 1.807) is 20.4 Å². The molecule has 1 aromatic rings. The second-order valence-electron chi connectivity index (χ2n) is 6.01. The predicted molar refractivity (Wildman–Crippen MR) is 76.2 cm³/mol. The van der Waals surface area contributed by atoms with Crippen LogP contribution in [0.15, 0.2) is 16.7 Å². The van der Waals surface area contributed by atoms with Gasteiger partial charge in [0, 0.05) is 32.7 Å². The van der Waals surface area contributed by atoms with Gasteiger partial charge in [-0.2, -0.15) is 0 Å². The summed E-state index contributed by atoms with van der Waals surface area (Å²) in [5.41, 5.74) is 0.241. The molecule has 0 bridgehead atoms. The Bertz CT molecular complexity index is 469. The van der Waals surface area contributed by atoms with Crippen LogP contribution in [0.1, 0.15) is 30.6 Å². The zero-order valence-corrected chi connectivity index (χ0v) is 12.6. The van der Waals surface area contributed by atoms with E-state index in [0.717, 1.165) is 30.8 Å². The molecule has 0 spiro atoms. The molecule has 1 aliphatic heterocycles. The van der Waals surface area contributed by atoms with Crippen molar-refractivity contribution in [3.05, 3.63) is 23.7 Å². The highest BCUT2D eigenvalue weighted by molar-refractivity contribution is 5.76. The van der Waals surface area contributed by atoms with Gasteiger partial charge in [-0.05, 0) is 32.4 Å². The van der Waals surface area contributed by atoms with E-state index >= 15 is 0 Å². The number of carbonyl (C=O) groups is 1. The van der Waals surface area contributed by atoms with Crippen molar-refractivity contribution < 1.29 is 14.3 Å². The number of amides is 1. The lowest BCUT2D eigenvalue weighted by atomic mass is 9.89. The third-order valence-electron chi connectivity index (χ3n) is 3.97. The van der Waals surface area contributed by atoms with Crippen molar-refractivity contribution in [3.8, 4) is 0 Å². The molecule has 1 fully saturated rings. The van der Waals surface area contributed by atoms with E-state index in [9.17, 15) is 9.90 Å². The molecule has 5 heteroatoms. The van der Waals surface area contributed by atoms with Crippen LogP contribution in [-0.2, 0) is 11.3 Å². The topological polar surface area (TPSA) is 56.9 Å². The molecule has 1 N–H and O–H groups in total. The number of aryl methyl sites for hydroxylation is 1. The van der Waals surface area contributed by atoms with Crippen LogP contribution in [0.3, 0.4) is 0 Å². The van der Waals surface area contributed by atoms with E-state index in [1.807, 2.05) is 13.0 Å². The minimum atomic E-state index is -0.906. The second kappa shape index (κ2) is 5.97. The quantitative estimate of drug-likeness (QED) is 0.905. The van der Waals surface area contributed by atoms with E-state index in [4.69, 9.17) is 4.42 Å². The van der Waals surface area contributed by atoms with Gasteiger partial charge in [-0.1, -0.05) is 0 Å². The first-order valence-electron chi connectivity index (χ1n) is 7.07. The monoisotopic (exact) mass is 280 g/mol. The van der Waals surface area contributed by atoms with Crippen LogP contribution in [0.5, 0.6) is 0 Å². The Morgan fingerprint density at radius 3 is 2.90 bits per heavy atom. The van der Waals surface area contributed by atoms with Gasteiger partial charge in [-0.3, -0.25) is 9.69 Å². The molecule has 1 atom stereocenters. The molecule has 1 unspecified atom stereocenters. The molecule has 1 aliphatic rings. The van der Waals surface area contributed by atoms with Gasteiger partial charge in [0.1, 0.15) is 5.76 Å². The summed E-state index contributed by atoms with van der Waals surface area (Å²) < 4.78 is 5.30. The molecule has 1 amide bonds. The van der Waals surface area contributed by atoms with E-state index in [2.05, 4.69) is 4.90 Å². The summed E-state index contributed by atoms with van der Waals surface area (Å²) in [6, 6.07) is 1.97. The Balaban J connectivity index is 1.97. The molecule has 0 aliphatic carbocycles. The number of hydrogen-bond donors (Lipinski definition) is 1. The minimum absolute atomic E-state index is 0.0196. The van der Waals surface area contributed by atoms with Crippen molar-refractivity contribution in [2.24, 2.45) is 0 Å². The van der Waals surface area contributed by atoms with Gasteiger partial charge < -0.3 is 14.4 Å². The smallest absolute Gasteiger partial charge is 0.224 e. The van der Waals surface area contributed by atoms with Crippen molar-refractivity contribution in [2.75, 3.05) is 27.2 Å². The molecular formula is C15H24N2O3. The van der Waals surface area contributed by atoms with Crippen molar-refractivity contribution in [1.82, 2.24) is 9.80 Å². The van der Waals surface area contributed by atoms with Gasteiger partial charge in [-0.15, -0.1) is 0 Å². The summed E-state index contributed by atoms with van der Waals surface area (Å²) in [6.07, 6.45) is 3.48. The Kier molecular flexibility index (Phi) is 4.50. The number of piperidine rings is 1. The van der Waals surface area contributed by atoms with E-state index < -0.39 is 5.60 Å². The van der Waals surface area contributed by atoms with Gasteiger partial charge in [-0.25, -0.2) is 0 Å². The summed E-state index contributed by atoms with van der Waals surface area (Å²) in [7, 11) is 3.45.